The lowest BCUT2D eigenvalue weighted by Crippen LogP contribution is -1.88. The maximum Gasteiger partial charge on any atom is 0.0998 e. The first kappa shape index (κ1) is 12.2. The van der Waals surface area contributed by atoms with Crippen molar-refractivity contribution in [2.45, 2.75) is 0 Å². The molecule has 0 saturated heterocycles. The minimum Gasteiger partial charge on any atom is -0.399 e. The van der Waals surface area contributed by atoms with E-state index in [-0.39, 0.29) is 0 Å². The van der Waals surface area contributed by atoms with Crippen LogP contribution in [0.4, 0.5) is 5.69 Å². The molecule has 2 aromatic rings. The minimum atomic E-state index is 0.554. The number of hydrogen-bond donors (Lipinski definition) is 1. The number of anilines is 1. The fourth-order valence-corrected chi connectivity index (χ4v) is 1.80. The van der Waals surface area contributed by atoms with Crippen LogP contribution >= 0.6 is 11.6 Å². The SMILES string of the molecule is N#Cc1cc(N)ccc1C=Cc1ccccc1Cl. The molecule has 0 spiro atoms. The van der Waals surface area contributed by atoms with Crippen molar-refractivity contribution in [1.29, 1.82) is 5.26 Å². The van der Waals surface area contributed by atoms with Crippen LogP contribution in [-0.2, 0) is 0 Å². The number of nitriles is 1. The van der Waals surface area contributed by atoms with Crippen molar-refractivity contribution in [2.24, 2.45) is 0 Å². The molecule has 0 aliphatic carbocycles. The predicted molar refractivity (Wildman–Crippen MR) is 75.9 cm³/mol. The van der Waals surface area contributed by atoms with Crippen LogP contribution in [0.15, 0.2) is 42.5 Å². The molecule has 0 aliphatic heterocycles. The van der Waals surface area contributed by atoms with E-state index in [2.05, 4.69) is 6.07 Å². The number of rotatable bonds is 2. The van der Waals surface area contributed by atoms with Gasteiger partial charge >= 0.3 is 0 Å². The van der Waals surface area contributed by atoms with Crippen molar-refractivity contribution in [1.82, 2.24) is 0 Å². The number of nitrogens with zero attached hydrogens (tertiary/aromatic N) is 1. The molecule has 0 atom stereocenters. The lowest BCUT2D eigenvalue weighted by atomic mass is 10.1. The van der Waals surface area contributed by atoms with Crippen LogP contribution in [-0.4, -0.2) is 0 Å². The zero-order valence-corrected chi connectivity index (χ0v) is 10.4. The fraction of sp³-hybridized carbons (Fsp3) is 0. The van der Waals surface area contributed by atoms with Crippen LogP contribution in [0.5, 0.6) is 0 Å². The second-order valence-corrected chi connectivity index (χ2v) is 4.22. The van der Waals surface area contributed by atoms with E-state index >= 15 is 0 Å². The molecule has 0 unspecified atom stereocenters. The molecule has 0 fully saturated rings. The first-order valence-electron chi connectivity index (χ1n) is 5.43. The summed E-state index contributed by atoms with van der Waals surface area (Å²) >= 11 is 6.05. The van der Waals surface area contributed by atoms with Crippen LogP contribution in [0.1, 0.15) is 16.7 Å². The van der Waals surface area contributed by atoms with E-state index in [1.54, 1.807) is 12.1 Å². The summed E-state index contributed by atoms with van der Waals surface area (Å²) in [5.41, 5.74) is 8.52. The molecule has 2 aromatic carbocycles. The Hall–Kier alpha value is -2.24. The third-order valence-electron chi connectivity index (χ3n) is 2.55. The Labute approximate surface area is 111 Å². The van der Waals surface area contributed by atoms with E-state index in [9.17, 15) is 0 Å². The molecule has 3 heteroatoms. The number of nitrogens with two attached hydrogens (primary N) is 1. The predicted octanol–water partition coefficient (Wildman–Crippen LogP) is 3.96. The van der Waals surface area contributed by atoms with Gasteiger partial charge in [-0.1, -0.05) is 48.0 Å². The number of nitrogen functional groups attached to an aromatic ring is 1. The Bertz CT molecular complexity index is 639. The lowest BCUT2D eigenvalue weighted by molar-refractivity contribution is 1.47. The highest BCUT2D eigenvalue weighted by Gasteiger charge is 1.99. The van der Waals surface area contributed by atoms with Crippen LogP contribution in [0, 0.1) is 11.3 Å². The first-order valence-corrected chi connectivity index (χ1v) is 5.81. The smallest absolute Gasteiger partial charge is 0.0998 e. The van der Waals surface area contributed by atoms with Gasteiger partial charge in [-0.05, 0) is 29.3 Å². The van der Waals surface area contributed by atoms with Crippen LogP contribution in [0.2, 0.25) is 5.02 Å². The summed E-state index contributed by atoms with van der Waals surface area (Å²) in [7, 11) is 0. The summed E-state index contributed by atoms with van der Waals surface area (Å²) in [4.78, 5) is 0. The number of benzene rings is 2. The van der Waals surface area contributed by atoms with E-state index in [0.29, 0.717) is 16.3 Å². The average Bonchev–Trinajstić information content (AvgIpc) is 2.39. The quantitative estimate of drug-likeness (QED) is 0.651. The second-order valence-electron chi connectivity index (χ2n) is 3.81. The summed E-state index contributed by atoms with van der Waals surface area (Å²) in [6, 6.07) is 14.9. The number of halogens is 1. The van der Waals surface area contributed by atoms with Gasteiger partial charge in [0, 0.05) is 10.7 Å². The second kappa shape index (κ2) is 5.39. The van der Waals surface area contributed by atoms with Crippen molar-refractivity contribution < 1.29 is 0 Å². The van der Waals surface area contributed by atoms with Gasteiger partial charge in [0.05, 0.1) is 11.6 Å². The maximum absolute atomic E-state index is 9.03. The molecule has 0 bridgehead atoms. The lowest BCUT2D eigenvalue weighted by Gasteiger charge is -2.00. The van der Waals surface area contributed by atoms with E-state index in [1.165, 1.54) is 0 Å². The van der Waals surface area contributed by atoms with Crippen molar-refractivity contribution in [3.05, 3.63) is 64.2 Å². The molecule has 88 valence electrons. The summed E-state index contributed by atoms with van der Waals surface area (Å²) in [6.45, 7) is 0. The van der Waals surface area contributed by atoms with Crippen LogP contribution < -0.4 is 5.73 Å². The Morgan fingerprint density at radius 1 is 1.06 bits per heavy atom. The van der Waals surface area contributed by atoms with Gasteiger partial charge in [0.2, 0.25) is 0 Å². The summed E-state index contributed by atoms with van der Waals surface area (Å²) in [5, 5.41) is 9.71. The zero-order valence-electron chi connectivity index (χ0n) is 9.60. The van der Waals surface area contributed by atoms with Crippen LogP contribution in [0.25, 0.3) is 12.2 Å². The molecule has 0 amide bonds. The maximum atomic E-state index is 9.03. The van der Waals surface area contributed by atoms with Gasteiger partial charge in [0.1, 0.15) is 0 Å². The molecule has 2 rings (SSSR count). The van der Waals surface area contributed by atoms with Crippen molar-refractivity contribution in [3.8, 4) is 6.07 Å². The number of hydrogen-bond acceptors (Lipinski definition) is 2. The van der Waals surface area contributed by atoms with Gasteiger partial charge < -0.3 is 5.73 Å². The van der Waals surface area contributed by atoms with Crippen molar-refractivity contribution in [3.63, 3.8) is 0 Å². The van der Waals surface area contributed by atoms with Crippen LogP contribution in [0.3, 0.4) is 0 Å². The standard InChI is InChI=1S/C15H11ClN2/c16-15-4-2-1-3-12(15)6-5-11-7-8-14(18)9-13(11)10-17/h1-9H,18H2. The summed E-state index contributed by atoms with van der Waals surface area (Å²) < 4.78 is 0. The monoisotopic (exact) mass is 254 g/mol. The highest BCUT2D eigenvalue weighted by atomic mass is 35.5. The minimum absolute atomic E-state index is 0.554. The van der Waals surface area contributed by atoms with Crippen molar-refractivity contribution >= 4 is 29.4 Å². The molecular weight excluding hydrogens is 244 g/mol. The molecule has 0 heterocycles. The molecule has 2 nitrogen and oxygen atoms in total. The molecule has 0 radical (unpaired) electrons. The van der Waals surface area contributed by atoms with Gasteiger partial charge in [0.15, 0.2) is 0 Å². The van der Waals surface area contributed by atoms with E-state index in [0.717, 1.165) is 11.1 Å². The van der Waals surface area contributed by atoms with E-state index in [4.69, 9.17) is 22.6 Å². The third kappa shape index (κ3) is 2.71. The highest BCUT2D eigenvalue weighted by Crippen LogP contribution is 2.20. The Morgan fingerprint density at radius 2 is 1.78 bits per heavy atom. The Morgan fingerprint density at radius 3 is 2.50 bits per heavy atom. The van der Waals surface area contributed by atoms with E-state index in [1.807, 2.05) is 42.5 Å². The molecule has 0 aliphatic rings. The molecule has 0 saturated carbocycles. The molecule has 2 N–H and O–H groups in total. The largest absolute Gasteiger partial charge is 0.399 e. The first-order chi connectivity index (χ1) is 8.70. The Kier molecular flexibility index (Phi) is 3.66. The van der Waals surface area contributed by atoms with Crippen molar-refractivity contribution in [2.75, 3.05) is 5.73 Å². The molecule has 18 heavy (non-hydrogen) atoms. The van der Waals surface area contributed by atoms with Gasteiger partial charge in [-0.25, -0.2) is 0 Å². The third-order valence-corrected chi connectivity index (χ3v) is 2.89. The van der Waals surface area contributed by atoms with E-state index < -0.39 is 0 Å². The normalized spacial score (nSPS) is 10.4. The summed E-state index contributed by atoms with van der Waals surface area (Å²) in [6.07, 6.45) is 3.74. The summed E-state index contributed by atoms with van der Waals surface area (Å²) in [5.74, 6) is 0. The van der Waals surface area contributed by atoms with Gasteiger partial charge in [-0.15, -0.1) is 0 Å². The molecular formula is C15H11ClN2. The fourth-order valence-electron chi connectivity index (χ4n) is 1.61. The van der Waals surface area contributed by atoms with Gasteiger partial charge in [-0.3, -0.25) is 0 Å². The van der Waals surface area contributed by atoms with Gasteiger partial charge in [0.25, 0.3) is 0 Å². The van der Waals surface area contributed by atoms with Gasteiger partial charge in [-0.2, -0.15) is 5.26 Å². The highest BCUT2D eigenvalue weighted by molar-refractivity contribution is 6.32. The molecule has 0 aromatic heterocycles. The average molecular weight is 255 g/mol. The zero-order chi connectivity index (χ0) is 13.0. The topological polar surface area (TPSA) is 49.8 Å². The Balaban J connectivity index is 2.36.